The van der Waals surface area contributed by atoms with Gasteiger partial charge in [0.05, 0.1) is 0 Å². The molecule has 3 rings (SSSR count). The summed E-state index contributed by atoms with van der Waals surface area (Å²) in [6.45, 7) is 0. The lowest BCUT2D eigenvalue weighted by Crippen LogP contribution is -2.63. The first-order valence-electron chi connectivity index (χ1n) is 6.59. The van der Waals surface area contributed by atoms with Crippen molar-refractivity contribution in [1.82, 2.24) is 10.6 Å². The van der Waals surface area contributed by atoms with E-state index in [1.807, 2.05) is 0 Å². The Labute approximate surface area is 103 Å². The molecule has 0 bridgehead atoms. The first kappa shape index (κ1) is 10.6. The van der Waals surface area contributed by atoms with Crippen molar-refractivity contribution in [1.29, 1.82) is 0 Å². The van der Waals surface area contributed by atoms with Gasteiger partial charge in [0.1, 0.15) is 0 Å². The molecule has 0 aromatic rings. The van der Waals surface area contributed by atoms with Crippen LogP contribution in [0.3, 0.4) is 0 Å². The Kier molecular flexibility index (Phi) is 2.66. The maximum atomic E-state index is 5.36. The van der Waals surface area contributed by atoms with E-state index in [9.17, 15) is 0 Å². The lowest BCUT2D eigenvalue weighted by Gasteiger charge is -2.50. The highest BCUT2D eigenvalue weighted by molar-refractivity contribution is 7.80. The van der Waals surface area contributed by atoms with E-state index >= 15 is 0 Å². The Bertz CT molecular complexity index is 329. The second kappa shape index (κ2) is 4.02. The number of fused-ring (bicyclic) bond motifs is 2. The van der Waals surface area contributed by atoms with Gasteiger partial charge in [-0.05, 0) is 44.3 Å². The Balaban J connectivity index is 1.92. The van der Waals surface area contributed by atoms with Crippen molar-refractivity contribution in [2.45, 2.75) is 56.9 Å². The number of hydrogen-bond donors (Lipinski definition) is 2. The average molecular weight is 236 g/mol. The fourth-order valence-corrected chi connectivity index (χ4v) is 4.04. The van der Waals surface area contributed by atoms with Crippen LogP contribution in [0.4, 0.5) is 0 Å². The summed E-state index contributed by atoms with van der Waals surface area (Å²) < 4.78 is 0. The van der Waals surface area contributed by atoms with Crippen LogP contribution in [0, 0.1) is 5.92 Å². The summed E-state index contributed by atoms with van der Waals surface area (Å²) in [5.41, 5.74) is 1.71. The zero-order valence-electron chi connectivity index (χ0n) is 9.72. The van der Waals surface area contributed by atoms with E-state index < -0.39 is 0 Å². The molecule has 1 atom stereocenters. The van der Waals surface area contributed by atoms with Crippen LogP contribution in [0.15, 0.2) is 11.8 Å². The molecule has 16 heavy (non-hydrogen) atoms. The molecule has 1 unspecified atom stereocenters. The maximum Gasteiger partial charge on any atom is 0.170 e. The molecule has 1 aliphatic heterocycles. The number of thiocarbonyl (C=S) groups is 1. The van der Waals surface area contributed by atoms with Crippen LogP contribution in [0.5, 0.6) is 0 Å². The fraction of sp³-hybridized carbons (Fsp3) is 0.769. The van der Waals surface area contributed by atoms with E-state index in [1.165, 1.54) is 57.1 Å². The molecule has 2 aliphatic carbocycles. The molecule has 0 radical (unpaired) electrons. The zero-order valence-corrected chi connectivity index (χ0v) is 10.5. The summed E-state index contributed by atoms with van der Waals surface area (Å²) in [6.07, 6.45) is 13.0. The van der Waals surface area contributed by atoms with Gasteiger partial charge in [0.15, 0.2) is 5.11 Å². The summed E-state index contributed by atoms with van der Waals surface area (Å²) in [4.78, 5) is 0. The van der Waals surface area contributed by atoms with Crippen LogP contribution < -0.4 is 10.6 Å². The summed E-state index contributed by atoms with van der Waals surface area (Å²) in [7, 11) is 0. The monoisotopic (exact) mass is 236 g/mol. The standard InChI is InChI=1S/C13H20N2S/c16-12-14-11-7-3-2-6-10(11)13(15-12)8-4-1-5-9-13/h7,10H,1-6,8-9H2,(H2,14,15,16). The number of hydrogen-bond acceptors (Lipinski definition) is 1. The molecule has 88 valence electrons. The highest BCUT2D eigenvalue weighted by atomic mass is 32.1. The second-order valence-corrected chi connectivity index (χ2v) is 5.85. The fourth-order valence-electron chi connectivity index (χ4n) is 3.72. The van der Waals surface area contributed by atoms with Gasteiger partial charge in [-0.2, -0.15) is 0 Å². The van der Waals surface area contributed by atoms with E-state index in [4.69, 9.17) is 12.2 Å². The van der Waals surface area contributed by atoms with Crippen molar-refractivity contribution >= 4 is 17.3 Å². The van der Waals surface area contributed by atoms with Gasteiger partial charge in [0.2, 0.25) is 0 Å². The van der Waals surface area contributed by atoms with E-state index in [0.717, 1.165) is 5.11 Å². The van der Waals surface area contributed by atoms with Crippen molar-refractivity contribution in [3.05, 3.63) is 11.8 Å². The van der Waals surface area contributed by atoms with Crippen molar-refractivity contribution in [3.8, 4) is 0 Å². The molecular weight excluding hydrogens is 216 g/mol. The van der Waals surface area contributed by atoms with Gasteiger partial charge < -0.3 is 10.6 Å². The maximum absolute atomic E-state index is 5.36. The Morgan fingerprint density at radius 2 is 2.00 bits per heavy atom. The lowest BCUT2D eigenvalue weighted by molar-refractivity contribution is 0.164. The van der Waals surface area contributed by atoms with Gasteiger partial charge in [-0.25, -0.2) is 0 Å². The predicted molar refractivity (Wildman–Crippen MR) is 70.1 cm³/mol. The third kappa shape index (κ3) is 1.65. The highest BCUT2D eigenvalue weighted by Gasteiger charge is 2.45. The molecular formula is C13H20N2S. The smallest absolute Gasteiger partial charge is 0.170 e. The van der Waals surface area contributed by atoms with E-state index in [2.05, 4.69) is 16.7 Å². The van der Waals surface area contributed by atoms with E-state index in [1.54, 1.807) is 0 Å². The summed E-state index contributed by atoms with van der Waals surface area (Å²) in [5, 5.41) is 7.83. The molecule has 0 aromatic heterocycles. The largest absolute Gasteiger partial charge is 0.356 e. The van der Waals surface area contributed by atoms with Crippen LogP contribution >= 0.6 is 12.2 Å². The molecule has 2 fully saturated rings. The number of nitrogens with one attached hydrogen (secondary N) is 2. The van der Waals surface area contributed by atoms with Crippen LogP contribution in [0.25, 0.3) is 0 Å². The predicted octanol–water partition coefficient (Wildman–Crippen LogP) is 2.85. The minimum atomic E-state index is 0.298. The Hall–Kier alpha value is -0.570. The molecule has 2 N–H and O–H groups in total. The van der Waals surface area contributed by atoms with Crippen molar-refractivity contribution in [2.75, 3.05) is 0 Å². The summed E-state index contributed by atoms with van der Waals surface area (Å²) in [6, 6.07) is 0. The molecule has 1 heterocycles. The van der Waals surface area contributed by atoms with Crippen LogP contribution in [-0.4, -0.2) is 10.7 Å². The minimum Gasteiger partial charge on any atom is -0.356 e. The SMILES string of the molecule is S=C1NC2=CCCCC2C2(CCCCC2)N1. The minimum absolute atomic E-state index is 0.298. The Morgan fingerprint density at radius 1 is 1.19 bits per heavy atom. The molecule has 0 amide bonds. The molecule has 3 heteroatoms. The molecule has 1 saturated heterocycles. The van der Waals surface area contributed by atoms with Crippen molar-refractivity contribution < 1.29 is 0 Å². The molecule has 2 nitrogen and oxygen atoms in total. The van der Waals surface area contributed by atoms with Crippen LogP contribution in [0.2, 0.25) is 0 Å². The number of allylic oxidation sites excluding steroid dienone is 1. The quantitative estimate of drug-likeness (QED) is 0.632. The third-order valence-corrected chi connectivity index (χ3v) is 4.67. The second-order valence-electron chi connectivity index (χ2n) is 5.44. The average Bonchev–Trinajstić information content (AvgIpc) is 2.30. The van der Waals surface area contributed by atoms with Gasteiger partial charge in [-0.15, -0.1) is 0 Å². The lowest BCUT2D eigenvalue weighted by atomic mass is 9.67. The summed E-state index contributed by atoms with van der Waals surface area (Å²) >= 11 is 5.36. The first-order valence-corrected chi connectivity index (χ1v) is 7.00. The van der Waals surface area contributed by atoms with Crippen molar-refractivity contribution in [3.63, 3.8) is 0 Å². The molecule has 0 aromatic carbocycles. The highest BCUT2D eigenvalue weighted by Crippen LogP contribution is 2.43. The first-order chi connectivity index (χ1) is 7.80. The van der Waals surface area contributed by atoms with Crippen molar-refractivity contribution in [2.24, 2.45) is 5.92 Å². The van der Waals surface area contributed by atoms with E-state index in [-0.39, 0.29) is 0 Å². The van der Waals surface area contributed by atoms with Crippen LogP contribution in [-0.2, 0) is 0 Å². The Morgan fingerprint density at radius 3 is 2.81 bits per heavy atom. The third-order valence-electron chi connectivity index (χ3n) is 4.47. The summed E-state index contributed by atoms with van der Waals surface area (Å²) in [5.74, 6) is 0.688. The van der Waals surface area contributed by atoms with Gasteiger partial charge in [0, 0.05) is 17.2 Å². The molecule has 1 saturated carbocycles. The van der Waals surface area contributed by atoms with Gasteiger partial charge in [-0.1, -0.05) is 25.3 Å². The molecule has 3 aliphatic rings. The van der Waals surface area contributed by atoms with Crippen LogP contribution in [0.1, 0.15) is 51.4 Å². The number of rotatable bonds is 0. The molecule has 1 spiro atoms. The normalized spacial score (nSPS) is 32.4. The zero-order chi connectivity index (χ0) is 11.0. The van der Waals surface area contributed by atoms with Gasteiger partial charge in [0.25, 0.3) is 0 Å². The van der Waals surface area contributed by atoms with Gasteiger partial charge >= 0.3 is 0 Å². The van der Waals surface area contributed by atoms with E-state index in [0.29, 0.717) is 11.5 Å². The topological polar surface area (TPSA) is 24.1 Å². The van der Waals surface area contributed by atoms with Gasteiger partial charge in [-0.3, -0.25) is 0 Å².